The van der Waals surface area contributed by atoms with Crippen molar-refractivity contribution in [2.75, 3.05) is 14.2 Å². The maximum absolute atomic E-state index is 12.9. The Balaban J connectivity index is 1.53. The summed E-state index contributed by atoms with van der Waals surface area (Å²) in [6, 6.07) is 21.1. The lowest BCUT2D eigenvalue weighted by Crippen LogP contribution is -2.26. The van der Waals surface area contributed by atoms with Crippen LogP contribution >= 0.6 is 0 Å². The Morgan fingerprint density at radius 2 is 1.77 bits per heavy atom. The fourth-order valence-corrected chi connectivity index (χ4v) is 3.54. The Bertz CT molecular complexity index is 1200. The van der Waals surface area contributed by atoms with Gasteiger partial charge in [0.05, 0.1) is 38.5 Å². The van der Waals surface area contributed by atoms with Crippen LogP contribution in [0.4, 0.5) is 0 Å². The lowest BCUT2D eigenvalue weighted by atomic mass is 10.1. The summed E-state index contributed by atoms with van der Waals surface area (Å²) in [5, 5.41) is 8.56. The number of ether oxygens (including phenoxy) is 2. The molecule has 4 rings (SSSR count). The van der Waals surface area contributed by atoms with Crippen molar-refractivity contribution in [3.8, 4) is 11.5 Å². The molecule has 0 saturated carbocycles. The molecule has 3 aromatic carbocycles. The Labute approximate surface area is 181 Å². The van der Waals surface area contributed by atoms with E-state index in [1.165, 1.54) is 0 Å². The summed E-state index contributed by atoms with van der Waals surface area (Å²) in [4.78, 5) is 12.9. The number of methoxy groups -OCH3 is 2. The minimum Gasteiger partial charge on any atom is -0.497 e. The van der Waals surface area contributed by atoms with Gasteiger partial charge in [-0.25, -0.2) is 0 Å². The second kappa shape index (κ2) is 8.92. The molecule has 1 amide bonds. The van der Waals surface area contributed by atoms with Gasteiger partial charge in [-0.05, 0) is 54.4 Å². The zero-order chi connectivity index (χ0) is 21.8. The van der Waals surface area contributed by atoms with Crippen LogP contribution in [0, 0.1) is 0 Å². The predicted octanol–water partition coefficient (Wildman–Crippen LogP) is 4.59. The Morgan fingerprint density at radius 3 is 2.52 bits per heavy atom. The number of amides is 1. The summed E-state index contributed by atoms with van der Waals surface area (Å²) in [6.45, 7) is 2.55. The minimum atomic E-state index is -0.129. The van der Waals surface area contributed by atoms with E-state index >= 15 is 0 Å². The van der Waals surface area contributed by atoms with Crippen LogP contribution in [0.1, 0.15) is 34.5 Å². The van der Waals surface area contributed by atoms with Crippen molar-refractivity contribution in [1.82, 2.24) is 15.1 Å². The summed E-state index contributed by atoms with van der Waals surface area (Å²) in [7, 11) is 3.29. The first-order valence-electron chi connectivity index (χ1n) is 10.1. The number of nitrogens with zero attached hydrogens (tertiary/aromatic N) is 2. The van der Waals surface area contributed by atoms with Crippen LogP contribution in [0.25, 0.3) is 10.9 Å². The Morgan fingerprint density at radius 1 is 1.00 bits per heavy atom. The van der Waals surface area contributed by atoms with Gasteiger partial charge in [0.15, 0.2) is 0 Å². The second-order valence-corrected chi connectivity index (χ2v) is 7.40. The van der Waals surface area contributed by atoms with Crippen LogP contribution in [0.2, 0.25) is 0 Å². The molecule has 0 bridgehead atoms. The number of fused-ring (bicyclic) bond motifs is 1. The van der Waals surface area contributed by atoms with Crippen LogP contribution in [0.3, 0.4) is 0 Å². The standard InChI is InChI=1S/C25H25N3O3/c1-17(19-9-11-22(30-2)12-10-19)27-25(29)20-7-8-21-15-26-28(24(21)14-20)16-18-5-4-6-23(13-18)31-3/h4-15,17H,16H2,1-3H3,(H,27,29). The van der Waals surface area contributed by atoms with Gasteiger partial charge in [0.1, 0.15) is 11.5 Å². The lowest BCUT2D eigenvalue weighted by Gasteiger charge is -2.15. The maximum Gasteiger partial charge on any atom is 0.251 e. The largest absolute Gasteiger partial charge is 0.497 e. The molecule has 1 N–H and O–H groups in total. The zero-order valence-electron chi connectivity index (χ0n) is 17.8. The molecule has 0 radical (unpaired) electrons. The highest BCUT2D eigenvalue weighted by Gasteiger charge is 2.14. The molecule has 1 heterocycles. The number of hydrogen-bond acceptors (Lipinski definition) is 4. The SMILES string of the molecule is COc1ccc(C(C)NC(=O)c2ccc3cnn(Cc4cccc(OC)c4)c3c2)cc1. The number of nitrogens with one attached hydrogen (secondary N) is 1. The summed E-state index contributed by atoms with van der Waals surface area (Å²) < 4.78 is 12.4. The van der Waals surface area contributed by atoms with E-state index in [1.807, 2.05) is 84.5 Å². The van der Waals surface area contributed by atoms with Crippen molar-refractivity contribution in [3.63, 3.8) is 0 Å². The first-order chi connectivity index (χ1) is 15.1. The van der Waals surface area contributed by atoms with E-state index in [0.29, 0.717) is 12.1 Å². The number of hydrogen-bond donors (Lipinski definition) is 1. The van der Waals surface area contributed by atoms with Gasteiger partial charge in [-0.2, -0.15) is 5.10 Å². The Hall–Kier alpha value is -3.80. The molecule has 6 nitrogen and oxygen atoms in total. The molecule has 4 aromatic rings. The second-order valence-electron chi connectivity index (χ2n) is 7.40. The predicted molar refractivity (Wildman–Crippen MR) is 121 cm³/mol. The molecule has 31 heavy (non-hydrogen) atoms. The summed E-state index contributed by atoms with van der Waals surface area (Å²) in [5.74, 6) is 1.47. The molecule has 1 atom stereocenters. The van der Waals surface area contributed by atoms with Gasteiger partial charge < -0.3 is 14.8 Å². The number of carbonyl (C=O) groups excluding carboxylic acids is 1. The Kier molecular flexibility index (Phi) is 5.89. The van der Waals surface area contributed by atoms with Gasteiger partial charge in [0, 0.05) is 10.9 Å². The molecule has 0 fully saturated rings. The molecular weight excluding hydrogens is 390 g/mol. The summed E-state index contributed by atoms with van der Waals surface area (Å²) >= 11 is 0. The quantitative estimate of drug-likeness (QED) is 0.479. The molecule has 1 unspecified atom stereocenters. The van der Waals surface area contributed by atoms with Crippen molar-refractivity contribution >= 4 is 16.8 Å². The van der Waals surface area contributed by atoms with Crippen molar-refractivity contribution in [3.05, 3.63) is 89.6 Å². The normalized spacial score (nSPS) is 11.8. The van der Waals surface area contributed by atoms with E-state index in [-0.39, 0.29) is 11.9 Å². The van der Waals surface area contributed by atoms with Gasteiger partial charge >= 0.3 is 0 Å². The van der Waals surface area contributed by atoms with Crippen LogP contribution in [0.5, 0.6) is 11.5 Å². The first kappa shape index (κ1) is 20.5. The number of aromatic nitrogens is 2. The molecule has 0 saturated heterocycles. The lowest BCUT2D eigenvalue weighted by molar-refractivity contribution is 0.0940. The van der Waals surface area contributed by atoms with Crippen molar-refractivity contribution in [2.45, 2.75) is 19.5 Å². The molecule has 0 spiro atoms. The highest BCUT2D eigenvalue weighted by atomic mass is 16.5. The molecule has 0 aliphatic rings. The molecule has 1 aromatic heterocycles. The van der Waals surface area contributed by atoms with E-state index in [9.17, 15) is 4.79 Å². The third-order valence-corrected chi connectivity index (χ3v) is 5.34. The van der Waals surface area contributed by atoms with E-state index < -0.39 is 0 Å². The maximum atomic E-state index is 12.9. The van der Waals surface area contributed by atoms with Gasteiger partial charge in [0.25, 0.3) is 5.91 Å². The van der Waals surface area contributed by atoms with Crippen molar-refractivity contribution < 1.29 is 14.3 Å². The monoisotopic (exact) mass is 415 g/mol. The van der Waals surface area contributed by atoms with E-state index in [2.05, 4.69) is 10.4 Å². The molecule has 0 aliphatic carbocycles. The van der Waals surface area contributed by atoms with E-state index in [1.54, 1.807) is 14.2 Å². The van der Waals surface area contributed by atoms with Gasteiger partial charge in [0.2, 0.25) is 0 Å². The fraction of sp³-hybridized carbons (Fsp3) is 0.200. The number of benzene rings is 3. The minimum absolute atomic E-state index is 0.126. The van der Waals surface area contributed by atoms with Crippen LogP contribution in [-0.4, -0.2) is 29.9 Å². The van der Waals surface area contributed by atoms with Crippen molar-refractivity contribution in [2.24, 2.45) is 0 Å². The third-order valence-electron chi connectivity index (χ3n) is 5.34. The van der Waals surface area contributed by atoms with Gasteiger partial charge in [-0.3, -0.25) is 9.48 Å². The first-order valence-corrected chi connectivity index (χ1v) is 10.1. The van der Waals surface area contributed by atoms with Crippen molar-refractivity contribution in [1.29, 1.82) is 0 Å². The average Bonchev–Trinajstić information content (AvgIpc) is 3.21. The van der Waals surface area contributed by atoms with Crippen LogP contribution in [0.15, 0.2) is 72.9 Å². The van der Waals surface area contributed by atoms with Crippen LogP contribution in [-0.2, 0) is 6.54 Å². The zero-order valence-corrected chi connectivity index (χ0v) is 17.8. The van der Waals surface area contributed by atoms with Gasteiger partial charge in [-0.15, -0.1) is 0 Å². The van der Waals surface area contributed by atoms with Gasteiger partial charge in [-0.1, -0.05) is 30.3 Å². The average molecular weight is 415 g/mol. The smallest absolute Gasteiger partial charge is 0.251 e. The molecular formula is C25H25N3O3. The topological polar surface area (TPSA) is 65.4 Å². The number of rotatable bonds is 7. The number of carbonyl (C=O) groups is 1. The molecule has 6 heteroatoms. The summed E-state index contributed by atoms with van der Waals surface area (Å²) in [6.07, 6.45) is 1.82. The molecule has 158 valence electrons. The highest BCUT2D eigenvalue weighted by molar-refractivity contribution is 5.98. The van der Waals surface area contributed by atoms with E-state index in [0.717, 1.165) is 33.5 Å². The highest BCUT2D eigenvalue weighted by Crippen LogP contribution is 2.21. The molecule has 0 aliphatic heterocycles. The van der Waals surface area contributed by atoms with Crippen LogP contribution < -0.4 is 14.8 Å². The fourth-order valence-electron chi connectivity index (χ4n) is 3.54. The third kappa shape index (κ3) is 4.53. The summed E-state index contributed by atoms with van der Waals surface area (Å²) in [5.41, 5.74) is 3.60. The van der Waals surface area contributed by atoms with E-state index in [4.69, 9.17) is 9.47 Å².